The Morgan fingerprint density at radius 3 is 2.64 bits per heavy atom. The van der Waals surface area contributed by atoms with E-state index < -0.39 is 6.29 Å². The molecule has 0 aliphatic carbocycles. The lowest BCUT2D eigenvalue weighted by Gasteiger charge is -2.22. The van der Waals surface area contributed by atoms with E-state index in [4.69, 9.17) is 25.6 Å². The Kier molecular flexibility index (Phi) is 5.54. The van der Waals surface area contributed by atoms with Gasteiger partial charge in [-0.15, -0.1) is 0 Å². The van der Waals surface area contributed by atoms with Gasteiger partial charge in [0.15, 0.2) is 12.1 Å². The van der Waals surface area contributed by atoms with Crippen molar-refractivity contribution in [2.24, 2.45) is 0 Å². The van der Waals surface area contributed by atoms with E-state index in [-0.39, 0.29) is 6.54 Å². The second kappa shape index (κ2) is 7.40. The van der Waals surface area contributed by atoms with Gasteiger partial charge in [-0.1, -0.05) is 35.0 Å². The highest BCUT2D eigenvalue weighted by atomic mass is 35.5. The maximum absolute atomic E-state index is 11.5. The summed E-state index contributed by atoms with van der Waals surface area (Å²) in [6.07, 6.45) is 0.129. The number of benzene rings is 1. The first-order valence-corrected chi connectivity index (χ1v) is 6.98. The van der Waals surface area contributed by atoms with Crippen LogP contribution in [0.4, 0.5) is 5.69 Å². The molecule has 0 unspecified atom stereocenters. The normalized spacial score (nSPS) is 11.0. The molecule has 0 bridgehead atoms. The summed E-state index contributed by atoms with van der Waals surface area (Å²) in [6.45, 7) is 1.93. The van der Waals surface area contributed by atoms with Crippen molar-refractivity contribution in [1.29, 1.82) is 0 Å². The summed E-state index contributed by atoms with van der Waals surface area (Å²) in [6, 6.07) is 7.23. The van der Waals surface area contributed by atoms with Crippen LogP contribution in [0.5, 0.6) is 0 Å². The molecule has 6 nitrogen and oxygen atoms in total. The van der Waals surface area contributed by atoms with Crippen molar-refractivity contribution < 1.29 is 18.8 Å². The number of amides is 1. The second-order valence-corrected chi connectivity index (χ2v) is 4.98. The molecule has 0 spiro atoms. The molecule has 7 heteroatoms. The predicted molar refractivity (Wildman–Crippen MR) is 82.9 cm³/mol. The van der Waals surface area contributed by atoms with Gasteiger partial charge in [-0.3, -0.25) is 4.79 Å². The van der Waals surface area contributed by atoms with Crippen LogP contribution < -0.4 is 4.90 Å². The molecule has 0 fully saturated rings. The number of nitrogens with zero attached hydrogens (tertiary/aromatic N) is 2. The SMILES string of the molecule is COC(CN(C=O)c1c(-c2ccccc2Cl)noc1C)OC. The third-order valence-electron chi connectivity index (χ3n) is 3.25. The molecule has 0 aliphatic rings. The zero-order valence-corrected chi connectivity index (χ0v) is 13.3. The highest BCUT2D eigenvalue weighted by Crippen LogP contribution is 2.36. The highest BCUT2D eigenvalue weighted by molar-refractivity contribution is 6.33. The lowest BCUT2D eigenvalue weighted by Crippen LogP contribution is -2.34. The first kappa shape index (κ1) is 16.5. The molecule has 1 heterocycles. The third kappa shape index (κ3) is 3.30. The van der Waals surface area contributed by atoms with Gasteiger partial charge < -0.3 is 18.9 Å². The van der Waals surface area contributed by atoms with E-state index in [2.05, 4.69) is 5.16 Å². The van der Waals surface area contributed by atoms with Crippen LogP contribution in [0, 0.1) is 6.92 Å². The largest absolute Gasteiger partial charge is 0.359 e. The van der Waals surface area contributed by atoms with Gasteiger partial charge in [0.1, 0.15) is 11.4 Å². The summed E-state index contributed by atoms with van der Waals surface area (Å²) in [5, 5.41) is 4.56. The van der Waals surface area contributed by atoms with E-state index in [0.29, 0.717) is 34.1 Å². The van der Waals surface area contributed by atoms with Crippen LogP contribution in [0.3, 0.4) is 0 Å². The fraction of sp³-hybridized carbons (Fsp3) is 0.333. The molecule has 1 aromatic heterocycles. The van der Waals surface area contributed by atoms with Gasteiger partial charge in [-0.25, -0.2) is 0 Å². The van der Waals surface area contributed by atoms with Gasteiger partial charge in [0.25, 0.3) is 0 Å². The molecular weight excluding hydrogens is 308 g/mol. The van der Waals surface area contributed by atoms with Crippen molar-refractivity contribution >= 4 is 23.7 Å². The van der Waals surface area contributed by atoms with Crippen LogP contribution in [0.25, 0.3) is 11.3 Å². The quantitative estimate of drug-likeness (QED) is 0.579. The van der Waals surface area contributed by atoms with E-state index in [1.807, 2.05) is 18.2 Å². The van der Waals surface area contributed by atoms with Crippen LogP contribution in [-0.4, -0.2) is 38.6 Å². The molecular formula is C15H17ClN2O4. The van der Waals surface area contributed by atoms with E-state index in [0.717, 1.165) is 0 Å². The molecule has 1 amide bonds. The zero-order chi connectivity index (χ0) is 16.1. The van der Waals surface area contributed by atoms with Crippen molar-refractivity contribution in [2.45, 2.75) is 13.2 Å². The van der Waals surface area contributed by atoms with Crippen molar-refractivity contribution in [3.63, 3.8) is 0 Å². The Bertz CT molecular complexity index is 640. The van der Waals surface area contributed by atoms with E-state index in [9.17, 15) is 4.79 Å². The van der Waals surface area contributed by atoms with Crippen LogP contribution in [0.1, 0.15) is 5.76 Å². The minimum absolute atomic E-state index is 0.204. The Labute approximate surface area is 133 Å². The van der Waals surface area contributed by atoms with E-state index >= 15 is 0 Å². The van der Waals surface area contributed by atoms with Gasteiger partial charge in [0.2, 0.25) is 6.41 Å². The topological polar surface area (TPSA) is 64.8 Å². The van der Waals surface area contributed by atoms with Crippen LogP contribution in [0.15, 0.2) is 28.8 Å². The van der Waals surface area contributed by atoms with Crippen molar-refractivity contribution in [3.8, 4) is 11.3 Å². The van der Waals surface area contributed by atoms with Crippen molar-refractivity contribution in [1.82, 2.24) is 5.16 Å². The van der Waals surface area contributed by atoms with Gasteiger partial charge in [0.05, 0.1) is 11.6 Å². The molecule has 0 saturated heterocycles. The van der Waals surface area contributed by atoms with Gasteiger partial charge in [0, 0.05) is 19.8 Å². The Hall–Kier alpha value is -1.89. The number of aryl methyl sites for hydroxylation is 1. The summed E-state index contributed by atoms with van der Waals surface area (Å²) in [5.41, 5.74) is 1.73. The van der Waals surface area contributed by atoms with Gasteiger partial charge in [-0.05, 0) is 13.0 Å². The molecule has 2 rings (SSSR count). The lowest BCUT2D eigenvalue weighted by atomic mass is 10.1. The fourth-order valence-electron chi connectivity index (χ4n) is 2.13. The second-order valence-electron chi connectivity index (χ2n) is 4.57. The number of rotatable bonds is 7. The number of anilines is 1. The molecule has 118 valence electrons. The first-order chi connectivity index (χ1) is 10.6. The lowest BCUT2D eigenvalue weighted by molar-refractivity contribution is -0.113. The standard InChI is InChI=1S/C15H17ClN2O4/c1-10-15(18(9-19)8-13(20-2)21-3)14(17-22-10)11-6-4-5-7-12(11)16/h4-7,9,13H,8H2,1-3H3. The van der Waals surface area contributed by atoms with Crippen molar-refractivity contribution in [2.75, 3.05) is 25.7 Å². The van der Waals surface area contributed by atoms with Crippen LogP contribution >= 0.6 is 11.6 Å². The van der Waals surface area contributed by atoms with Crippen LogP contribution in [0.2, 0.25) is 5.02 Å². The number of aromatic nitrogens is 1. The summed E-state index contributed by atoms with van der Waals surface area (Å²) < 4.78 is 15.5. The van der Waals surface area contributed by atoms with E-state index in [1.54, 1.807) is 13.0 Å². The van der Waals surface area contributed by atoms with Crippen LogP contribution in [-0.2, 0) is 14.3 Å². The van der Waals surface area contributed by atoms with Crippen molar-refractivity contribution in [3.05, 3.63) is 35.0 Å². The minimum atomic E-state index is -0.557. The number of halogens is 1. The maximum atomic E-state index is 11.5. The van der Waals surface area contributed by atoms with Gasteiger partial charge >= 0.3 is 0 Å². The monoisotopic (exact) mass is 324 g/mol. The molecule has 2 aromatic rings. The smallest absolute Gasteiger partial charge is 0.214 e. The summed E-state index contributed by atoms with van der Waals surface area (Å²) in [4.78, 5) is 12.9. The third-order valence-corrected chi connectivity index (χ3v) is 3.58. The number of methoxy groups -OCH3 is 2. The molecule has 0 N–H and O–H groups in total. The minimum Gasteiger partial charge on any atom is -0.359 e. The Balaban J connectivity index is 2.44. The number of ether oxygens (including phenoxy) is 2. The first-order valence-electron chi connectivity index (χ1n) is 6.61. The summed E-state index contributed by atoms with van der Waals surface area (Å²) in [5.74, 6) is 0.507. The summed E-state index contributed by atoms with van der Waals surface area (Å²) >= 11 is 6.21. The number of carbonyl (C=O) groups is 1. The van der Waals surface area contributed by atoms with Gasteiger partial charge in [-0.2, -0.15) is 0 Å². The fourth-order valence-corrected chi connectivity index (χ4v) is 2.35. The number of hydrogen-bond acceptors (Lipinski definition) is 5. The molecule has 0 radical (unpaired) electrons. The molecule has 0 aliphatic heterocycles. The molecule has 22 heavy (non-hydrogen) atoms. The molecule has 0 saturated carbocycles. The Morgan fingerprint density at radius 1 is 1.36 bits per heavy atom. The molecule has 1 aromatic carbocycles. The van der Waals surface area contributed by atoms with E-state index in [1.165, 1.54) is 19.1 Å². The summed E-state index contributed by atoms with van der Waals surface area (Å²) in [7, 11) is 3.01. The predicted octanol–water partition coefficient (Wildman–Crippen LogP) is 2.89. The average Bonchev–Trinajstić information content (AvgIpc) is 2.91. The average molecular weight is 325 g/mol. The maximum Gasteiger partial charge on any atom is 0.214 e. The number of carbonyl (C=O) groups excluding carboxylic acids is 1. The Morgan fingerprint density at radius 2 is 2.05 bits per heavy atom. The number of hydrogen-bond donors (Lipinski definition) is 0. The highest BCUT2D eigenvalue weighted by Gasteiger charge is 2.24. The zero-order valence-electron chi connectivity index (χ0n) is 12.6. The molecule has 0 atom stereocenters.